The molecule has 0 saturated heterocycles. The number of benzene rings is 4. The number of ether oxygens (including phenoxy) is 2. The molecule has 0 unspecified atom stereocenters. The van der Waals surface area contributed by atoms with Crippen LogP contribution < -0.4 is 0 Å². The molecule has 0 aliphatic heterocycles. The molecule has 6 aromatic rings. The number of fused-ring (bicyclic) bond motifs is 6. The van der Waals surface area contributed by atoms with Crippen molar-refractivity contribution in [1.29, 1.82) is 0 Å². The number of rotatable bonds is 2. The Bertz CT molecular complexity index is 1740. The van der Waals surface area contributed by atoms with Gasteiger partial charge >= 0.3 is 11.9 Å². The number of methoxy groups -OCH3 is 2. The molecule has 0 aliphatic carbocycles. The monoisotopic (exact) mass is 506 g/mol. The van der Waals surface area contributed by atoms with Crippen LogP contribution in [0.25, 0.3) is 43.6 Å². The maximum Gasteiger partial charge on any atom is 0.337 e. The van der Waals surface area contributed by atoms with E-state index >= 15 is 0 Å². The summed E-state index contributed by atoms with van der Waals surface area (Å²) in [4.78, 5) is 23.4. The van der Waals surface area contributed by atoms with Crippen molar-refractivity contribution in [2.24, 2.45) is 14.1 Å². The van der Waals surface area contributed by atoms with Crippen molar-refractivity contribution in [1.82, 2.24) is 9.13 Å². The van der Waals surface area contributed by atoms with E-state index in [9.17, 15) is 9.59 Å². The van der Waals surface area contributed by atoms with Crippen molar-refractivity contribution in [3.63, 3.8) is 0 Å². The molecule has 6 heteroatoms. The lowest BCUT2D eigenvalue weighted by Crippen LogP contribution is -2.02. The molecule has 4 aromatic carbocycles. The van der Waals surface area contributed by atoms with Crippen molar-refractivity contribution in [2.75, 3.05) is 14.2 Å². The Morgan fingerprint density at radius 2 is 0.947 bits per heavy atom. The van der Waals surface area contributed by atoms with E-state index in [2.05, 4.69) is 33.4 Å². The van der Waals surface area contributed by atoms with Gasteiger partial charge in [-0.25, -0.2) is 9.59 Å². The Morgan fingerprint density at radius 1 is 0.579 bits per heavy atom. The highest BCUT2D eigenvalue weighted by molar-refractivity contribution is 6.12. The van der Waals surface area contributed by atoms with Crippen LogP contribution in [0.4, 0.5) is 0 Å². The molecule has 38 heavy (non-hydrogen) atoms. The second-order valence-electron chi connectivity index (χ2n) is 9.51. The Hall–Kier alpha value is -4.58. The number of nitrogens with zero attached hydrogens (tertiary/aromatic N) is 2. The van der Waals surface area contributed by atoms with Gasteiger partial charge in [0.15, 0.2) is 0 Å². The summed E-state index contributed by atoms with van der Waals surface area (Å²) in [6.45, 7) is 4.06. The van der Waals surface area contributed by atoms with E-state index in [1.807, 2.05) is 76.5 Å². The first-order valence-electron chi connectivity index (χ1n) is 12.4. The van der Waals surface area contributed by atoms with Crippen molar-refractivity contribution in [2.45, 2.75) is 13.8 Å². The van der Waals surface area contributed by atoms with Gasteiger partial charge in [0.05, 0.1) is 25.3 Å². The van der Waals surface area contributed by atoms with Crippen LogP contribution in [-0.4, -0.2) is 35.3 Å². The molecule has 2 heterocycles. The molecule has 0 radical (unpaired) electrons. The molecule has 2 aromatic heterocycles. The number of para-hydroxylation sites is 2. The molecular weight excluding hydrogens is 476 g/mol. The lowest BCUT2D eigenvalue weighted by Gasteiger charge is -2.04. The number of hydrogen-bond donors (Lipinski definition) is 0. The first kappa shape index (κ1) is 25.1. The third kappa shape index (κ3) is 3.98. The van der Waals surface area contributed by atoms with E-state index in [-0.39, 0.29) is 11.9 Å². The van der Waals surface area contributed by atoms with Gasteiger partial charge in [-0.05, 0) is 61.4 Å². The molecular formula is C32H30N2O4. The second kappa shape index (κ2) is 9.71. The summed E-state index contributed by atoms with van der Waals surface area (Å²) in [5.41, 5.74) is 7.83. The highest BCUT2D eigenvalue weighted by atomic mass is 16.5. The number of esters is 2. The lowest BCUT2D eigenvalue weighted by molar-refractivity contribution is 0.0592. The first-order chi connectivity index (χ1) is 18.3. The summed E-state index contributed by atoms with van der Waals surface area (Å²) in [7, 11) is 6.85. The Morgan fingerprint density at radius 3 is 1.32 bits per heavy atom. The van der Waals surface area contributed by atoms with Crippen LogP contribution in [0, 0.1) is 13.8 Å². The highest BCUT2D eigenvalue weighted by Crippen LogP contribution is 2.32. The summed E-state index contributed by atoms with van der Waals surface area (Å²) in [5, 5.41) is 4.83. The van der Waals surface area contributed by atoms with Gasteiger partial charge in [-0.3, -0.25) is 0 Å². The summed E-state index contributed by atoms with van der Waals surface area (Å²) >= 11 is 0. The number of carbonyl (C=O) groups excluding carboxylic acids is 2. The zero-order valence-electron chi connectivity index (χ0n) is 22.5. The molecule has 6 nitrogen and oxygen atoms in total. The third-order valence-electron chi connectivity index (χ3n) is 7.26. The van der Waals surface area contributed by atoms with Crippen LogP contribution in [0.3, 0.4) is 0 Å². The zero-order chi connectivity index (χ0) is 27.1. The van der Waals surface area contributed by atoms with Crippen LogP contribution in [-0.2, 0) is 23.6 Å². The predicted molar refractivity (Wildman–Crippen MR) is 153 cm³/mol. The minimum absolute atomic E-state index is 0.296. The number of aromatic nitrogens is 2. The summed E-state index contributed by atoms with van der Waals surface area (Å²) in [6, 6.07) is 24.1. The van der Waals surface area contributed by atoms with E-state index < -0.39 is 0 Å². The molecule has 0 N–H and O–H groups in total. The van der Waals surface area contributed by atoms with E-state index in [1.165, 1.54) is 46.8 Å². The van der Waals surface area contributed by atoms with E-state index in [4.69, 9.17) is 9.47 Å². The minimum atomic E-state index is -0.296. The lowest BCUT2D eigenvalue weighted by atomic mass is 10.0. The van der Waals surface area contributed by atoms with Gasteiger partial charge in [0, 0.05) is 57.7 Å². The van der Waals surface area contributed by atoms with Crippen LogP contribution in [0.1, 0.15) is 31.8 Å². The molecule has 192 valence electrons. The highest BCUT2D eigenvalue weighted by Gasteiger charge is 2.15. The van der Waals surface area contributed by atoms with Gasteiger partial charge in [-0.2, -0.15) is 0 Å². The van der Waals surface area contributed by atoms with Crippen LogP contribution in [0.2, 0.25) is 0 Å². The standard InChI is InChI=1S/2C16H15NO2/c2*1-10-8-11(16(18)19-3)9-14-15(10)12-6-4-5-7-13(12)17(14)2/h2*4-9H,1-3H3. The van der Waals surface area contributed by atoms with Crippen LogP contribution in [0.5, 0.6) is 0 Å². The zero-order valence-corrected chi connectivity index (χ0v) is 22.5. The summed E-state index contributed by atoms with van der Waals surface area (Å²) in [6.07, 6.45) is 0. The smallest absolute Gasteiger partial charge is 0.337 e. The van der Waals surface area contributed by atoms with Gasteiger partial charge in [-0.15, -0.1) is 0 Å². The Kier molecular flexibility index (Phi) is 6.41. The molecule has 0 amide bonds. The van der Waals surface area contributed by atoms with Gasteiger partial charge in [0.1, 0.15) is 0 Å². The fraction of sp³-hybridized carbons (Fsp3) is 0.188. The van der Waals surface area contributed by atoms with Crippen molar-refractivity contribution < 1.29 is 19.1 Å². The van der Waals surface area contributed by atoms with E-state index in [1.54, 1.807) is 0 Å². The molecule has 0 atom stereocenters. The largest absolute Gasteiger partial charge is 0.465 e. The first-order valence-corrected chi connectivity index (χ1v) is 12.4. The maximum absolute atomic E-state index is 11.7. The normalized spacial score (nSPS) is 11.1. The fourth-order valence-corrected chi connectivity index (χ4v) is 5.45. The summed E-state index contributed by atoms with van der Waals surface area (Å²) < 4.78 is 13.8. The van der Waals surface area contributed by atoms with Gasteiger partial charge in [-0.1, -0.05) is 36.4 Å². The third-order valence-corrected chi connectivity index (χ3v) is 7.26. The molecule has 0 spiro atoms. The predicted octanol–water partition coefficient (Wildman–Crippen LogP) is 6.85. The van der Waals surface area contributed by atoms with E-state index in [0.29, 0.717) is 11.1 Å². The van der Waals surface area contributed by atoms with Crippen LogP contribution >= 0.6 is 0 Å². The van der Waals surface area contributed by atoms with Crippen molar-refractivity contribution in [3.05, 3.63) is 95.1 Å². The summed E-state index contributed by atoms with van der Waals surface area (Å²) in [5.74, 6) is -0.592. The van der Waals surface area contributed by atoms with Gasteiger partial charge in [0.2, 0.25) is 0 Å². The van der Waals surface area contributed by atoms with Crippen LogP contribution in [0.15, 0.2) is 72.8 Å². The Labute approximate surface area is 221 Å². The number of hydrogen-bond acceptors (Lipinski definition) is 4. The molecule has 0 saturated carbocycles. The number of aryl methyl sites for hydroxylation is 4. The van der Waals surface area contributed by atoms with Gasteiger partial charge < -0.3 is 18.6 Å². The fourth-order valence-electron chi connectivity index (χ4n) is 5.45. The quantitative estimate of drug-likeness (QED) is 0.241. The minimum Gasteiger partial charge on any atom is -0.465 e. The SMILES string of the molecule is COC(=O)c1cc(C)c2c3ccccc3n(C)c2c1.COC(=O)c1cc(C)c2c3ccccc3n(C)c2c1. The topological polar surface area (TPSA) is 62.5 Å². The maximum atomic E-state index is 11.7. The molecule has 0 bridgehead atoms. The van der Waals surface area contributed by atoms with Crippen molar-refractivity contribution in [3.8, 4) is 0 Å². The molecule has 6 rings (SSSR count). The average Bonchev–Trinajstić information content (AvgIpc) is 3.40. The average molecular weight is 507 g/mol. The van der Waals surface area contributed by atoms with E-state index in [0.717, 1.165) is 22.2 Å². The number of carbonyl (C=O) groups is 2. The molecule has 0 aliphatic rings. The molecule has 0 fully saturated rings. The van der Waals surface area contributed by atoms with Crippen molar-refractivity contribution >= 4 is 55.6 Å². The second-order valence-corrected chi connectivity index (χ2v) is 9.51. The Balaban J connectivity index is 0.000000155. The van der Waals surface area contributed by atoms with Gasteiger partial charge in [0.25, 0.3) is 0 Å².